The Hall–Kier alpha value is -0.480. The summed E-state index contributed by atoms with van der Waals surface area (Å²) in [6, 6.07) is 4.64. The van der Waals surface area contributed by atoms with Crippen LogP contribution in [0.1, 0.15) is 24.3 Å². The van der Waals surface area contributed by atoms with Gasteiger partial charge in [0.15, 0.2) is 5.17 Å². The van der Waals surface area contributed by atoms with Gasteiger partial charge >= 0.3 is 0 Å². The van der Waals surface area contributed by atoms with Gasteiger partial charge in [0.2, 0.25) is 0 Å². The van der Waals surface area contributed by atoms with Crippen molar-refractivity contribution >= 4 is 28.3 Å². The molecule has 1 aliphatic rings. The first-order chi connectivity index (χ1) is 6.86. The second-order valence-corrected chi connectivity index (χ2v) is 5.33. The second kappa shape index (κ2) is 4.84. The molecule has 2 rings (SSSR count). The molecule has 2 nitrogen and oxygen atoms in total. The van der Waals surface area contributed by atoms with Gasteiger partial charge in [0.25, 0.3) is 0 Å². The number of hydrogen-bond donors (Lipinski definition) is 1. The van der Waals surface area contributed by atoms with Crippen molar-refractivity contribution in [1.82, 2.24) is 5.32 Å². The Morgan fingerprint density at radius 1 is 1.57 bits per heavy atom. The number of aliphatic imine (C=N–C) groups is 1. The van der Waals surface area contributed by atoms with Crippen LogP contribution in [-0.4, -0.2) is 17.5 Å². The summed E-state index contributed by atoms with van der Waals surface area (Å²) in [5.41, 5.74) is 0. The van der Waals surface area contributed by atoms with Crippen molar-refractivity contribution in [3.8, 4) is 0 Å². The molecule has 0 aromatic carbocycles. The maximum absolute atomic E-state index is 4.45. The van der Waals surface area contributed by atoms with E-state index in [2.05, 4.69) is 34.7 Å². The topological polar surface area (TPSA) is 24.4 Å². The van der Waals surface area contributed by atoms with Crippen LogP contribution in [0.15, 0.2) is 22.5 Å². The Balaban J connectivity index is 1.94. The molecule has 2 heterocycles. The summed E-state index contributed by atoms with van der Waals surface area (Å²) < 4.78 is 0. The molecule has 1 N–H and O–H groups in total. The molecule has 0 aliphatic carbocycles. The number of thioether (sulfide) groups is 1. The van der Waals surface area contributed by atoms with Crippen LogP contribution in [0.5, 0.6) is 0 Å². The first kappa shape index (κ1) is 10.1. The van der Waals surface area contributed by atoms with Crippen molar-refractivity contribution in [3.63, 3.8) is 0 Å². The van der Waals surface area contributed by atoms with Crippen molar-refractivity contribution in [2.24, 2.45) is 4.99 Å². The standard InChI is InChI=1S/C10H14N2S2/c1-8(9-4-2-6-13-9)12-10-11-5-3-7-14-10/h2,4,6,8H,3,5,7H2,1H3,(H,11,12). The molecular weight excluding hydrogens is 212 g/mol. The fourth-order valence-corrected chi connectivity index (χ4v) is 2.98. The zero-order valence-corrected chi connectivity index (χ0v) is 9.83. The minimum Gasteiger partial charge on any atom is -0.358 e. The predicted molar refractivity (Wildman–Crippen MR) is 65.2 cm³/mol. The smallest absolute Gasteiger partial charge is 0.157 e. The van der Waals surface area contributed by atoms with Crippen LogP contribution >= 0.6 is 23.1 Å². The highest BCUT2D eigenvalue weighted by Gasteiger charge is 2.11. The molecule has 1 aliphatic heterocycles. The van der Waals surface area contributed by atoms with Gasteiger partial charge in [0, 0.05) is 17.2 Å². The number of hydrogen-bond acceptors (Lipinski definition) is 4. The van der Waals surface area contributed by atoms with Crippen LogP contribution in [0.4, 0.5) is 0 Å². The summed E-state index contributed by atoms with van der Waals surface area (Å²) in [6.45, 7) is 3.16. The van der Waals surface area contributed by atoms with E-state index >= 15 is 0 Å². The second-order valence-electron chi connectivity index (χ2n) is 3.27. The monoisotopic (exact) mass is 226 g/mol. The lowest BCUT2D eigenvalue weighted by Gasteiger charge is -2.17. The molecule has 0 fully saturated rings. The van der Waals surface area contributed by atoms with Crippen LogP contribution < -0.4 is 5.32 Å². The Kier molecular flexibility index (Phi) is 3.48. The summed E-state index contributed by atoms with van der Waals surface area (Å²) in [5, 5.41) is 6.67. The van der Waals surface area contributed by atoms with Crippen molar-refractivity contribution in [2.45, 2.75) is 19.4 Å². The summed E-state index contributed by atoms with van der Waals surface area (Å²) >= 11 is 3.63. The number of nitrogens with one attached hydrogen (secondary N) is 1. The Morgan fingerprint density at radius 3 is 3.14 bits per heavy atom. The van der Waals surface area contributed by atoms with Crippen molar-refractivity contribution in [3.05, 3.63) is 22.4 Å². The molecule has 0 saturated carbocycles. The van der Waals surface area contributed by atoms with Gasteiger partial charge in [0.1, 0.15) is 0 Å². The zero-order valence-electron chi connectivity index (χ0n) is 8.19. The van der Waals surface area contributed by atoms with Crippen LogP contribution in [0.25, 0.3) is 0 Å². The number of nitrogens with zero attached hydrogens (tertiary/aromatic N) is 1. The van der Waals surface area contributed by atoms with E-state index in [-0.39, 0.29) is 0 Å². The highest BCUT2D eigenvalue weighted by molar-refractivity contribution is 8.13. The van der Waals surface area contributed by atoms with Crippen LogP contribution in [0.3, 0.4) is 0 Å². The molecule has 0 bridgehead atoms. The fraction of sp³-hybridized carbons (Fsp3) is 0.500. The maximum Gasteiger partial charge on any atom is 0.157 e. The van der Waals surface area contributed by atoms with Gasteiger partial charge in [-0.2, -0.15) is 0 Å². The molecule has 0 amide bonds. The zero-order chi connectivity index (χ0) is 9.80. The largest absolute Gasteiger partial charge is 0.358 e. The average molecular weight is 226 g/mol. The minimum absolute atomic E-state index is 0.388. The molecular formula is C10H14N2S2. The first-order valence-electron chi connectivity index (χ1n) is 4.83. The molecule has 1 aromatic heterocycles. The Morgan fingerprint density at radius 2 is 2.50 bits per heavy atom. The van der Waals surface area contributed by atoms with Gasteiger partial charge in [-0.1, -0.05) is 17.8 Å². The van der Waals surface area contributed by atoms with E-state index in [0.29, 0.717) is 6.04 Å². The minimum atomic E-state index is 0.388. The van der Waals surface area contributed by atoms with Crippen molar-refractivity contribution in [1.29, 1.82) is 0 Å². The Labute approximate surface area is 92.8 Å². The third-order valence-corrected chi connectivity index (χ3v) is 4.17. The van der Waals surface area contributed by atoms with E-state index in [1.165, 1.54) is 17.1 Å². The van der Waals surface area contributed by atoms with Crippen molar-refractivity contribution in [2.75, 3.05) is 12.3 Å². The van der Waals surface area contributed by atoms with E-state index in [1.54, 1.807) is 11.3 Å². The maximum atomic E-state index is 4.45. The van der Waals surface area contributed by atoms with E-state index in [4.69, 9.17) is 0 Å². The molecule has 0 radical (unpaired) electrons. The molecule has 1 aromatic rings. The highest BCUT2D eigenvalue weighted by atomic mass is 32.2. The predicted octanol–water partition coefficient (Wildman–Crippen LogP) is 2.89. The quantitative estimate of drug-likeness (QED) is 0.838. The summed E-state index contributed by atoms with van der Waals surface area (Å²) in [4.78, 5) is 5.83. The molecule has 14 heavy (non-hydrogen) atoms. The van der Waals surface area contributed by atoms with E-state index in [0.717, 1.165) is 11.7 Å². The van der Waals surface area contributed by atoms with Crippen LogP contribution in [-0.2, 0) is 0 Å². The number of amidine groups is 1. The normalized spacial score (nSPS) is 18.8. The SMILES string of the molecule is CC(NC1=NCCCS1)c1cccs1. The summed E-state index contributed by atoms with van der Waals surface area (Å²) in [5.74, 6) is 1.20. The van der Waals surface area contributed by atoms with Crippen LogP contribution in [0, 0.1) is 0 Å². The Bertz CT molecular complexity index is 306. The van der Waals surface area contributed by atoms with Gasteiger partial charge in [-0.15, -0.1) is 11.3 Å². The van der Waals surface area contributed by atoms with Crippen LogP contribution in [0.2, 0.25) is 0 Å². The fourth-order valence-electron chi connectivity index (χ4n) is 1.34. The van der Waals surface area contributed by atoms with Gasteiger partial charge in [-0.3, -0.25) is 4.99 Å². The van der Waals surface area contributed by atoms with Crippen molar-refractivity contribution < 1.29 is 0 Å². The lowest BCUT2D eigenvalue weighted by Crippen LogP contribution is -2.26. The molecule has 76 valence electrons. The molecule has 4 heteroatoms. The lowest BCUT2D eigenvalue weighted by molar-refractivity contribution is 0.732. The average Bonchev–Trinajstić information content (AvgIpc) is 2.72. The van der Waals surface area contributed by atoms with Gasteiger partial charge in [-0.25, -0.2) is 0 Å². The molecule has 0 saturated heterocycles. The van der Waals surface area contributed by atoms with Gasteiger partial charge in [0.05, 0.1) is 6.04 Å². The lowest BCUT2D eigenvalue weighted by atomic mass is 10.3. The summed E-state index contributed by atoms with van der Waals surface area (Å²) in [7, 11) is 0. The molecule has 0 spiro atoms. The summed E-state index contributed by atoms with van der Waals surface area (Å²) in [6.07, 6.45) is 1.21. The number of rotatable bonds is 2. The third-order valence-electron chi connectivity index (χ3n) is 2.11. The first-order valence-corrected chi connectivity index (χ1v) is 6.70. The molecule has 1 unspecified atom stereocenters. The van der Waals surface area contributed by atoms with E-state index in [1.807, 2.05) is 11.8 Å². The van der Waals surface area contributed by atoms with Gasteiger partial charge < -0.3 is 5.32 Å². The third kappa shape index (κ3) is 2.51. The van der Waals surface area contributed by atoms with E-state index in [9.17, 15) is 0 Å². The highest BCUT2D eigenvalue weighted by Crippen LogP contribution is 2.20. The molecule has 1 atom stereocenters. The number of thiophene rings is 1. The van der Waals surface area contributed by atoms with Gasteiger partial charge in [-0.05, 0) is 24.8 Å². The van der Waals surface area contributed by atoms with E-state index < -0.39 is 0 Å².